The van der Waals surface area contributed by atoms with E-state index in [-0.39, 0.29) is 5.78 Å². The van der Waals surface area contributed by atoms with Crippen molar-refractivity contribution < 1.29 is 4.79 Å². The molecule has 2 aromatic rings. The number of rotatable bonds is 2. The molecule has 98 valence electrons. The van der Waals surface area contributed by atoms with E-state index < -0.39 is 0 Å². The monoisotopic (exact) mass is 272 g/mol. The number of Topliss-reactive ketones (excluding diaryl/α,β-unsaturated/α-hetero) is 1. The topological polar surface area (TPSA) is 46.3 Å². The lowest BCUT2D eigenvalue weighted by molar-refractivity contribution is 0.101. The van der Waals surface area contributed by atoms with Crippen LogP contribution in [0.5, 0.6) is 0 Å². The molecule has 3 rings (SSSR count). The minimum absolute atomic E-state index is 0.0209. The van der Waals surface area contributed by atoms with E-state index in [1.54, 1.807) is 6.92 Å². The Morgan fingerprint density at radius 2 is 2.21 bits per heavy atom. The largest absolute Gasteiger partial charge is 0.398 e. The fraction of sp³-hybridized carbons (Fsp3) is 0.267. The van der Waals surface area contributed by atoms with E-state index in [1.807, 2.05) is 29.5 Å². The van der Waals surface area contributed by atoms with Gasteiger partial charge in [-0.3, -0.25) is 4.79 Å². The Morgan fingerprint density at radius 3 is 3.00 bits per heavy atom. The van der Waals surface area contributed by atoms with E-state index in [9.17, 15) is 4.79 Å². The first-order valence-electron chi connectivity index (χ1n) is 6.36. The predicted molar refractivity (Wildman–Crippen MR) is 79.9 cm³/mol. The summed E-state index contributed by atoms with van der Waals surface area (Å²) in [4.78, 5) is 15.4. The van der Waals surface area contributed by atoms with Crippen molar-refractivity contribution >= 4 is 28.5 Å². The first-order valence-corrected chi connectivity index (χ1v) is 7.24. The summed E-state index contributed by atoms with van der Waals surface area (Å²) >= 11 is 1.83. The molecule has 0 radical (unpaired) electrons. The molecule has 0 unspecified atom stereocenters. The van der Waals surface area contributed by atoms with E-state index >= 15 is 0 Å². The summed E-state index contributed by atoms with van der Waals surface area (Å²) in [6.45, 7) is 3.47. The molecule has 0 fully saturated rings. The maximum absolute atomic E-state index is 11.6. The Balaban J connectivity index is 1.92. The number of benzene rings is 1. The van der Waals surface area contributed by atoms with Gasteiger partial charge >= 0.3 is 0 Å². The maximum Gasteiger partial charge on any atom is 0.161 e. The van der Waals surface area contributed by atoms with E-state index in [4.69, 9.17) is 5.73 Å². The summed E-state index contributed by atoms with van der Waals surface area (Å²) in [7, 11) is 0. The smallest absolute Gasteiger partial charge is 0.161 e. The van der Waals surface area contributed by atoms with Crippen LogP contribution in [0.3, 0.4) is 0 Å². The van der Waals surface area contributed by atoms with E-state index in [0.717, 1.165) is 25.2 Å². The molecular formula is C15H16N2OS. The number of nitrogen functional groups attached to an aromatic ring is 1. The zero-order valence-electron chi connectivity index (χ0n) is 10.8. The number of hydrogen-bond acceptors (Lipinski definition) is 4. The number of carbonyl (C=O) groups excluding carboxylic acids is 1. The average Bonchev–Trinajstić information content (AvgIpc) is 2.86. The zero-order chi connectivity index (χ0) is 13.4. The lowest BCUT2D eigenvalue weighted by Crippen LogP contribution is -2.29. The Hall–Kier alpha value is -1.81. The third kappa shape index (κ3) is 2.24. The van der Waals surface area contributed by atoms with Crippen LogP contribution in [0.1, 0.15) is 27.7 Å². The van der Waals surface area contributed by atoms with E-state index in [0.29, 0.717) is 11.3 Å². The van der Waals surface area contributed by atoms with E-state index in [2.05, 4.69) is 16.3 Å². The predicted octanol–water partition coefficient (Wildman–Crippen LogP) is 3.10. The van der Waals surface area contributed by atoms with Crippen molar-refractivity contribution in [2.45, 2.75) is 19.9 Å². The van der Waals surface area contributed by atoms with Crippen molar-refractivity contribution in [3.63, 3.8) is 0 Å². The Bertz CT molecular complexity index is 633. The molecule has 1 aromatic heterocycles. The molecule has 2 heterocycles. The fourth-order valence-corrected chi connectivity index (χ4v) is 3.40. The molecule has 3 nitrogen and oxygen atoms in total. The highest BCUT2D eigenvalue weighted by Gasteiger charge is 2.18. The molecule has 0 atom stereocenters. The Morgan fingerprint density at radius 1 is 1.37 bits per heavy atom. The third-order valence-corrected chi connectivity index (χ3v) is 4.61. The van der Waals surface area contributed by atoms with Gasteiger partial charge in [-0.2, -0.15) is 0 Å². The van der Waals surface area contributed by atoms with Crippen LogP contribution in [0.2, 0.25) is 0 Å². The first-order chi connectivity index (χ1) is 9.15. The van der Waals surface area contributed by atoms with Crippen LogP contribution in [0.15, 0.2) is 29.6 Å². The summed E-state index contributed by atoms with van der Waals surface area (Å²) in [6, 6.07) is 7.93. The van der Waals surface area contributed by atoms with Gasteiger partial charge < -0.3 is 10.6 Å². The van der Waals surface area contributed by atoms with Crippen molar-refractivity contribution in [2.24, 2.45) is 0 Å². The Kier molecular flexibility index (Phi) is 3.03. The minimum atomic E-state index is 0.0209. The van der Waals surface area contributed by atoms with Crippen LogP contribution in [0.4, 0.5) is 11.4 Å². The van der Waals surface area contributed by atoms with Gasteiger partial charge in [0.15, 0.2) is 5.78 Å². The minimum Gasteiger partial charge on any atom is -0.398 e. The van der Waals surface area contributed by atoms with Crippen molar-refractivity contribution in [2.75, 3.05) is 17.2 Å². The summed E-state index contributed by atoms with van der Waals surface area (Å²) in [5.74, 6) is 0.0209. The molecule has 2 N–H and O–H groups in total. The van der Waals surface area contributed by atoms with Crippen molar-refractivity contribution in [3.05, 3.63) is 45.6 Å². The van der Waals surface area contributed by atoms with Crippen LogP contribution < -0.4 is 10.6 Å². The second kappa shape index (κ2) is 4.70. The fourth-order valence-electron chi connectivity index (χ4n) is 2.51. The van der Waals surface area contributed by atoms with Gasteiger partial charge in [-0.15, -0.1) is 11.3 Å². The van der Waals surface area contributed by atoms with Gasteiger partial charge in [-0.05, 0) is 48.6 Å². The van der Waals surface area contributed by atoms with Gasteiger partial charge in [0.05, 0.1) is 0 Å². The highest BCUT2D eigenvalue weighted by atomic mass is 32.1. The summed E-state index contributed by atoms with van der Waals surface area (Å²) in [5.41, 5.74) is 9.50. The number of nitrogens with two attached hydrogens (primary N) is 1. The lowest BCUT2D eigenvalue weighted by atomic mass is 10.1. The SMILES string of the molecule is CC(=O)c1cc(N2CCc3sccc3C2)ccc1N. The standard InChI is InChI=1S/C15H16N2OS/c1-10(18)13-8-12(2-3-14(13)16)17-6-4-15-11(9-17)5-7-19-15/h2-3,5,7-8H,4,6,9,16H2,1H3. The first kappa shape index (κ1) is 12.2. The second-order valence-corrected chi connectivity index (χ2v) is 5.87. The number of ketones is 1. The quantitative estimate of drug-likeness (QED) is 0.675. The molecule has 19 heavy (non-hydrogen) atoms. The molecule has 0 saturated carbocycles. The van der Waals surface area contributed by atoms with Crippen LogP contribution in [0.25, 0.3) is 0 Å². The highest BCUT2D eigenvalue weighted by Crippen LogP contribution is 2.29. The Labute approximate surface area is 116 Å². The average molecular weight is 272 g/mol. The highest BCUT2D eigenvalue weighted by molar-refractivity contribution is 7.10. The van der Waals surface area contributed by atoms with Gasteiger partial charge in [0, 0.05) is 34.9 Å². The van der Waals surface area contributed by atoms with Gasteiger partial charge in [0.1, 0.15) is 0 Å². The number of anilines is 2. The normalized spacial score (nSPS) is 14.3. The molecule has 0 bridgehead atoms. The number of hydrogen-bond donors (Lipinski definition) is 1. The van der Waals surface area contributed by atoms with Crippen LogP contribution in [-0.2, 0) is 13.0 Å². The van der Waals surface area contributed by atoms with Crippen molar-refractivity contribution in [3.8, 4) is 0 Å². The van der Waals surface area contributed by atoms with E-state index in [1.165, 1.54) is 10.4 Å². The third-order valence-electron chi connectivity index (χ3n) is 3.59. The molecule has 0 amide bonds. The number of thiophene rings is 1. The lowest BCUT2D eigenvalue weighted by Gasteiger charge is -2.29. The molecule has 1 aromatic carbocycles. The van der Waals surface area contributed by atoms with Gasteiger partial charge in [0.25, 0.3) is 0 Å². The summed E-state index contributed by atoms with van der Waals surface area (Å²) < 4.78 is 0. The zero-order valence-corrected chi connectivity index (χ0v) is 11.7. The van der Waals surface area contributed by atoms with Crippen LogP contribution >= 0.6 is 11.3 Å². The molecule has 0 saturated heterocycles. The van der Waals surface area contributed by atoms with Gasteiger partial charge in [-0.25, -0.2) is 0 Å². The molecule has 4 heteroatoms. The molecule has 1 aliphatic heterocycles. The van der Waals surface area contributed by atoms with Gasteiger partial charge in [0.2, 0.25) is 0 Å². The molecule has 1 aliphatic rings. The van der Waals surface area contributed by atoms with Crippen molar-refractivity contribution in [1.29, 1.82) is 0 Å². The summed E-state index contributed by atoms with van der Waals surface area (Å²) in [5, 5.41) is 2.15. The van der Waals surface area contributed by atoms with Crippen molar-refractivity contribution in [1.82, 2.24) is 0 Å². The second-order valence-electron chi connectivity index (χ2n) is 4.87. The number of carbonyl (C=O) groups is 1. The maximum atomic E-state index is 11.6. The van der Waals surface area contributed by atoms with Gasteiger partial charge in [-0.1, -0.05) is 0 Å². The number of fused-ring (bicyclic) bond motifs is 1. The molecular weight excluding hydrogens is 256 g/mol. The summed E-state index contributed by atoms with van der Waals surface area (Å²) in [6.07, 6.45) is 1.08. The molecule has 0 aliphatic carbocycles. The molecule has 0 spiro atoms. The van der Waals surface area contributed by atoms with Crippen LogP contribution in [0, 0.1) is 0 Å². The van der Waals surface area contributed by atoms with Crippen LogP contribution in [-0.4, -0.2) is 12.3 Å². The number of nitrogens with zero attached hydrogens (tertiary/aromatic N) is 1.